The van der Waals surface area contributed by atoms with Gasteiger partial charge in [-0.25, -0.2) is 0 Å². The maximum Gasteiger partial charge on any atom is 0.231 e. The van der Waals surface area contributed by atoms with Gasteiger partial charge in [0, 0.05) is 26.4 Å². The molecule has 148 valence electrons. The number of benzene rings is 2. The van der Waals surface area contributed by atoms with Crippen molar-refractivity contribution in [2.24, 2.45) is 0 Å². The van der Waals surface area contributed by atoms with Gasteiger partial charge in [0.15, 0.2) is 30.9 Å². The van der Waals surface area contributed by atoms with Crippen LogP contribution < -0.4 is 18.9 Å². The van der Waals surface area contributed by atoms with E-state index in [4.69, 9.17) is 28.4 Å². The number of aromatic hydroxyl groups is 1. The minimum Gasteiger partial charge on any atom is -0.507 e. The van der Waals surface area contributed by atoms with Crippen LogP contribution in [0.2, 0.25) is 0 Å². The number of hydrogen-bond donors (Lipinski definition) is 1. The number of phenolic OH excluding ortho intramolecular Hbond substituents is 1. The predicted octanol–water partition coefficient (Wildman–Crippen LogP) is 2.98. The third-order valence-corrected chi connectivity index (χ3v) is 3.80. The normalized spacial score (nSPS) is 12.4. The van der Waals surface area contributed by atoms with Gasteiger partial charge in [0.1, 0.15) is 22.8 Å². The molecule has 3 rings (SSSR count). The Labute approximate surface area is 161 Å². The lowest BCUT2D eigenvalue weighted by Gasteiger charge is -2.13. The van der Waals surface area contributed by atoms with Crippen molar-refractivity contribution < 1.29 is 38.3 Å². The Bertz CT molecular complexity index is 875. The highest BCUT2D eigenvalue weighted by Gasteiger charge is 2.19. The average Bonchev–Trinajstić information content (AvgIpc) is 3.16. The van der Waals surface area contributed by atoms with Crippen LogP contribution in [0.4, 0.5) is 0 Å². The van der Waals surface area contributed by atoms with Crippen molar-refractivity contribution in [2.75, 3.05) is 34.6 Å². The second-order valence-corrected chi connectivity index (χ2v) is 5.73. The molecule has 2 aromatic rings. The van der Waals surface area contributed by atoms with E-state index in [1.165, 1.54) is 32.4 Å². The maximum absolute atomic E-state index is 12.7. The molecule has 0 saturated heterocycles. The Hall–Kier alpha value is -3.23. The molecule has 1 heterocycles. The van der Waals surface area contributed by atoms with Gasteiger partial charge < -0.3 is 33.5 Å². The molecule has 0 aromatic heterocycles. The standard InChI is InChI=1S/C20H20O8/c1-23-10-25-14-8-16(22)20(19(9-14)26-11-24-2)15(21)5-3-13-4-6-17-18(7-13)28-12-27-17/h3-9,22H,10-12H2,1-2H3. The minimum atomic E-state index is -0.445. The summed E-state index contributed by atoms with van der Waals surface area (Å²) in [5.41, 5.74) is 0.746. The summed E-state index contributed by atoms with van der Waals surface area (Å²) in [7, 11) is 2.92. The molecule has 0 atom stereocenters. The van der Waals surface area contributed by atoms with E-state index in [1.807, 2.05) is 0 Å². The number of carbonyl (C=O) groups excluding carboxylic acids is 1. The van der Waals surface area contributed by atoms with Crippen LogP contribution in [0.15, 0.2) is 36.4 Å². The number of rotatable bonds is 9. The zero-order valence-electron chi connectivity index (χ0n) is 15.5. The van der Waals surface area contributed by atoms with E-state index in [2.05, 4.69) is 0 Å². The van der Waals surface area contributed by atoms with Gasteiger partial charge in [-0.2, -0.15) is 0 Å². The zero-order chi connectivity index (χ0) is 19.9. The largest absolute Gasteiger partial charge is 0.507 e. The van der Waals surface area contributed by atoms with Gasteiger partial charge in [0.05, 0.1) is 0 Å². The lowest BCUT2D eigenvalue weighted by Crippen LogP contribution is -2.06. The number of ether oxygens (including phenoxy) is 6. The molecule has 0 radical (unpaired) electrons. The van der Waals surface area contributed by atoms with Crippen molar-refractivity contribution in [3.8, 4) is 28.7 Å². The molecular formula is C20H20O8. The van der Waals surface area contributed by atoms with Crippen molar-refractivity contribution >= 4 is 11.9 Å². The minimum absolute atomic E-state index is 0.00110. The molecule has 1 aliphatic heterocycles. The number of allylic oxidation sites excluding steroid dienone is 1. The first kappa shape index (κ1) is 19.5. The second-order valence-electron chi connectivity index (χ2n) is 5.73. The molecule has 8 nitrogen and oxygen atoms in total. The van der Waals surface area contributed by atoms with Gasteiger partial charge in [-0.1, -0.05) is 12.1 Å². The van der Waals surface area contributed by atoms with Crippen LogP contribution in [-0.2, 0) is 9.47 Å². The number of hydrogen-bond acceptors (Lipinski definition) is 8. The first-order chi connectivity index (χ1) is 13.6. The molecule has 1 N–H and O–H groups in total. The van der Waals surface area contributed by atoms with Gasteiger partial charge >= 0.3 is 0 Å². The Morgan fingerprint density at radius 3 is 2.61 bits per heavy atom. The molecule has 0 bridgehead atoms. The van der Waals surface area contributed by atoms with E-state index in [9.17, 15) is 9.90 Å². The van der Waals surface area contributed by atoms with Gasteiger partial charge in [-0.05, 0) is 23.8 Å². The number of ketones is 1. The Kier molecular flexibility index (Phi) is 6.36. The number of fused-ring (bicyclic) bond motifs is 1. The first-order valence-electron chi connectivity index (χ1n) is 8.35. The van der Waals surface area contributed by atoms with E-state index in [-0.39, 0.29) is 37.4 Å². The van der Waals surface area contributed by atoms with Crippen molar-refractivity contribution in [1.82, 2.24) is 0 Å². The smallest absolute Gasteiger partial charge is 0.231 e. The highest BCUT2D eigenvalue weighted by molar-refractivity contribution is 6.10. The van der Waals surface area contributed by atoms with E-state index in [0.29, 0.717) is 17.2 Å². The summed E-state index contributed by atoms with van der Waals surface area (Å²) in [6.45, 7) is 0.0623. The fraction of sp³-hybridized carbons (Fsp3) is 0.250. The first-order valence-corrected chi connectivity index (χ1v) is 8.35. The topological polar surface area (TPSA) is 92.7 Å². The molecule has 0 aliphatic carbocycles. The van der Waals surface area contributed by atoms with Crippen molar-refractivity contribution in [3.05, 3.63) is 47.5 Å². The number of methoxy groups -OCH3 is 2. The quantitative estimate of drug-likeness (QED) is 0.398. The number of phenols is 1. The summed E-state index contributed by atoms with van der Waals surface area (Å²) >= 11 is 0. The molecule has 0 saturated carbocycles. The highest BCUT2D eigenvalue weighted by atomic mass is 16.7. The summed E-state index contributed by atoms with van der Waals surface area (Å²) < 4.78 is 31.0. The van der Waals surface area contributed by atoms with Crippen LogP contribution in [0.3, 0.4) is 0 Å². The molecule has 0 amide bonds. The molecule has 2 aromatic carbocycles. The zero-order valence-corrected chi connectivity index (χ0v) is 15.5. The van der Waals surface area contributed by atoms with Crippen molar-refractivity contribution in [3.63, 3.8) is 0 Å². The molecule has 0 fully saturated rings. The Morgan fingerprint density at radius 1 is 1.07 bits per heavy atom. The highest BCUT2D eigenvalue weighted by Crippen LogP contribution is 2.35. The van der Waals surface area contributed by atoms with Crippen LogP contribution in [0, 0.1) is 0 Å². The lowest BCUT2D eigenvalue weighted by atomic mass is 10.1. The summed E-state index contributed by atoms with van der Waals surface area (Å²) in [4.78, 5) is 12.7. The van der Waals surface area contributed by atoms with Crippen molar-refractivity contribution in [1.29, 1.82) is 0 Å². The van der Waals surface area contributed by atoms with Crippen LogP contribution in [0.5, 0.6) is 28.7 Å². The molecule has 0 unspecified atom stereocenters. The van der Waals surface area contributed by atoms with Crippen LogP contribution in [0.1, 0.15) is 15.9 Å². The predicted molar refractivity (Wildman–Crippen MR) is 99.0 cm³/mol. The number of carbonyl (C=O) groups is 1. The summed E-state index contributed by atoms with van der Waals surface area (Å²) in [6.07, 6.45) is 2.95. The fourth-order valence-corrected chi connectivity index (χ4v) is 2.54. The molecule has 8 heteroatoms. The molecule has 0 spiro atoms. The lowest BCUT2D eigenvalue weighted by molar-refractivity contribution is 0.0453. The Morgan fingerprint density at radius 2 is 1.82 bits per heavy atom. The monoisotopic (exact) mass is 388 g/mol. The van der Waals surface area contributed by atoms with E-state index in [0.717, 1.165) is 5.56 Å². The fourth-order valence-electron chi connectivity index (χ4n) is 2.54. The van der Waals surface area contributed by atoms with Crippen LogP contribution in [-0.4, -0.2) is 45.5 Å². The van der Waals surface area contributed by atoms with Gasteiger partial charge in [-0.15, -0.1) is 0 Å². The van der Waals surface area contributed by atoms with E-state index < -0.39 is 5.78 Å². The third-order valence-electron chi connectivity index (χ3n) is 3.80. The van der Waals surface area contributed by atoms with E-state index >= 15 is 0 Å². The van der Waals surface area contributed by atoms with Gasteiger partial charge in [0.2, 0.25) is 6.79 Å². The van der Waals surface area contributed by atoms with Crippen molar-refractivity contribution in [2.45, 2.75) is 0 Å². The summed E-state index contributed by atoms with van der Waals surface area (Å²) in [5, 5.41) is 10.3. The maximum atomic E-state index is 12.7. The van der Waals surface area contributed by atoms with Crippen LogP contribution >= 0.6 is 0 Å². The van der Waals surface area contributed by atoms with Gasteiger partial charge in [-0.3, -0.25) is 4.79 Å². The molecule has 28 heavy (non-hydrogen) atoms. The third kappa shape index (κ3) is 4.54. The summed E-state index contributed by atoms with van der Waals surface area (Å²) in [6, 6.07) is 8.12. The van der Waals surface area contributed by atoms with Gasteiger partial charge in [0.25, 0.3) is 0 Å². The molecule has 1 aliphatic rings. The summed E-state index contributed by atoms with van der Waals surface area (Å²) in [5.74, 6) is 0.971. The molecular weight excluding hydrogens is 368 g/mol. The van der Waals surface area contributed by atoms with E-state index in [1.54, 1.807) is 24.3 Å². The SMILES string of the molecule is COCOc1cc(O)c(C(=O)C=Cc2ccc3c(c2)OCO3)c(OCOC)c1. The second kappa shape index (κ2) is 9.12. The average molecular weight is 388 g/mol. The Balaban J connectivity index is 1.84. The van der Waals surface area contributed by atoms with Crippen LogP contribution in [0.25, 0.3) is 6.08 Å².